The minimum atomic E-state index is -0.0498. The Morgan fingerprint density at radius 1 is 1.47 bits per heavy atom. The molecule has 0 bridgehead atoms. The summed E-state index contributed by atoms with van der Waals surface area (Å²) in [6.45, 7) is 4.66. The molecule has 2 N–H and O–H groups in total. The second-order valence-corrected chi connectivity index (χ2v) is 5.65. The van der Waals surface area contributed by atoms with Crippen molar-refractivity contribution in [2.45, 2.75) is 30.2 Å². The highest BCUT2D eigenvalue weighted by atomic mass is 32.2. The molecular weight excluding hydrogens is 256 g/mol. The first-order valence-corrected chi connectivity index (χ1v) is 7.67. The van der Waals surface area contributed by atoms with Gasteiger partial charge in [0.05, 0.1) is 11.7 Å². The number of carbonyl (C=O) groups excluding carboxylic acids is 1. The van der Waals surface area contributed by atoms with Crippen LogP contribution in [0.25, 0.3) is 0 Å². The summed E-state index contributed by atoms with van der Waals surface area (Å²) < 4.78 is 0. The van der Waals surface area contributed by atoms with E-state index in [0.29, 0.717) is 0 Å². The number of hydrogen-bond acceptors (Lipinski definition) is 3. The van der Waals surface area contributed by atoms with E-state index in [2.05, 4.69) is 17.2 Å². The summed E-state index contributed by atoms with van der Waals surface area (Å²) in [7, 11) is 0. The number of piperidine rings is 1. The van der Waals surface area contributed by atoms with E-state index in [-0.39, 0.29) is 11.9 Å². The van der Waals surface area contributed by atoms with Gasteiger partial charge in [0.1, 0.15) is 0 Å². The van der Waals surface area contributed by atoms with Gasteiger partial charge < -0.3 is 10.6 Å². The summed E-state index contributed by atoms with van der Waals surface area (Å²) in [6, 6.07) is 7.86. The molecule has 0 aliphatic carbocycles. The number of carbonyl (C=O) groups is 1. The molecule has 1 aliphatic heterocycles. The molecule has 0 unspecified atom stereocenters. The van der Waals surface area contributed by atoms with Gasteiger partial charge in [0, 0.05) is 10.6 Å². The molecule has 0 aromatic heterocycles. The molecule has 19 heavy (non-hydrogen) atoms. The lowest BCUT2D eigenvalue weighted by atomic mass is 10.0. The van der Waals surface area contributed by atoms with Gasteiger partial charge in [0.2, 0.25) is 5.91 Å². The minimum absolute atomic E-state index is 0.0498. The van der Waals surface area contributed by atoms with E-state index >= 15 is 0 Å². The highest BCUT2D eigenvalue weighted by Crippen LogP contribution is 2.27. The normalized spacial score (nSPS) is 18.8. The molecule has 1 fully saturated rings. The van der Waals surface area contributed by atoms with Crippen molar-refractivity contribution in [1.82, 2.24) is 5.32 Å². The van der Waals surface area contributed by atoms with Gasteiger partial charge in [-0.05, 0) is 31.5 Å². The first-order chi connectivity index (χ1) is 9.31. The predicted octanol–water partition coefficient (Wildman–Crippen LogP) is 3.05. The number of nitrogens with one attached hydrogen (secondary N) is 2. The van der Waals surface area contributed by atoms with Gasteiger partial charge in [-0.3, -0.25) is 4.79 Å². The average molecular weight is 276 g/mol. The van der Waals surface area contributed by atoms with Crippen LogP contribution in [0.4, 0.5) is 5.69 Å². The van der Waals surface area contributed by atoms with E-state index in [9.17, 15) is 4.79 Å². The zero-order valence-electron chi connectivity index (χ0n) is 11.0. The second-order valence-electron chi connectivity index (χ2n) is 4.59. The minimum Gasteiger partial charge on any atom is -0.324 e. The van der Waals surface area contributed by atoms with Crippen LogP contribution in [0.1, 0.15) is 19.3 Å². The first-order valence-electron chi connectivity index (χ1n) is 6.68. The first kappa shape index (κ1) is 14.2. The lowest BCUT2D eigenvalue weighted by Gasteiger charge is -2.23. The zero-order valence-corrected chi connectivity index (χ0v) is 11.8. The summed E-state index contributed by atoms with van der Waals surface area (Å²) in [5.41, 5.74) is 0.895. The Hall–Kier alpha value is -1.26. The molecule has 102 valence electrons. The lowest BCUT2D eigenvalue weighted by Crippen LogP contribution is -2.43. The van der Waals surface area contributed by atoms with Crippen molar-refractivity contribution in [2.75, 3.05) is 17.6 Å². The summed E-state index contributed by atoms with van der Waals surface area (Å²) in [5.74, 6) is 0.917. The molecule has 1 saturated heterocycles. The van der Waals surface area contributed by atoms with Gasteiger partial charge in [-0.1, -0.05) is 24.6 Å². The second kappa shape index (κ2) is 7.36. The molecule has 1 aliphatic rings. The lowest BCUT2D eigenvalue weighted by molar-refractivity contribution is -0.118. The summed E-state index contributed by atoms with van der Waals surface area (Å²) >= 11 is 1.68. The van der Waals surface area contributed by atoms with Crippen LogP contribution in [-0.2, 0) is 4.79 Å². The molecule has 1 atom stereocenters. The highest BCUT2D eigenvalue weighted by Gasteiger charge is 2.20. The van der Waals surface area contributed by atoms with Crippen LogP contribution >= 0.6 is 11.8 Å². The fourth-order valence-corrected chi connectivity index (χ4v) is 2.89. The topological polar surface area (TPSA) is 41.1 Å². The SMILES string of the molecule is C=CCSc1ccccc1NC(=O)[C@H]1CCCCN1. The third kappa shape index (κ3) is 4.11. The molecule has 2 rings (SSSR count). The van der Waals surface area contributed by atoms with Crippen LogP contribution in [0, 0.1) is 0 Å². The molecule has 0 saturated carbocycles. The number of amides is 1. The van der Waals surface area contributed by atoms with Crippen molar-refractivity contribution in [1.29, 1.82) is 0 Å². The van der Waals surface area contributed by atoms with Crippen LogP contribution in [-0.4, -0.2) is 24.2 Å². The Kier molecular flexibility index (Phi) is 5.48. The Balaban J connectivity index is 2.00. The Bertz CT molecular complexity index is 442. The number of hydrogen-bond donors (Lipinski definition) is 2. The third-order valence-corrected chi connectivity index (χ3v) is 4.20. The smallest absolute Gasteiger partial charge is 0.241 e. The Labute approximate surface area is 118 Å². The van der Waals surface area contributed by atoms with Gasteiger partial charge in [-0.15, -0.1) is 18.3 Å². The zero-order chi connectivity index (χ0) is 13.5. The largest absolute Gasteiger partial charge is 0.324 e. The van der Waals surface area contributed by atoms with Gasteiger partial charge in [-0.25, -0.2) is 0 Å². The fraction of sp³-hybridized carbons (Fsp3) is 0.400. The predicted molar refractivity (Wildman–Crippen MR) is 81.6 cm³/mol. The quantitative estimate of drug-likeness (QED) is 0.641. The number of rotatable bonds is 5. The number of para-hydroxylation sites is 1. The molecule has 0 spiro atoms. The summed E-state index contributed by atoms with van der Waals surface area (Å²) in [4.78, 5) is 13.3. The van der Waals surface area contributed by atoms with Crippen LogP contribution in [0.3, 0.4) is 0 Å². The van der Waals surface area contributed by atoms with Crippen molar-refractivity contribution in [3.05, 3.63) is 36.9 Å². The van der Waals surface area contributed by atoms with Crippen molar-refractivity contribution in [2.24, 2.45) is 0 Å². The van der Waals surface area contributed by atoms with Crippen molar-refractivity contribution in [3.8, 4) is 0 Å². The van der Waals surface area contributed by atoms with Gasteiger partial charge in [-0.2, -0.15) is 0 Å². The van der Waals surface area contributed by atoms with E-state index in [1.807, 2.05) is 30.3 Å². The van der Waals surface area contributed by atoms with Crippen LogP contribution in [0.2, 0.25) is 0 Å². The maximum absolute atomic E-state index is 12.2. The molecule has 1 heterocycles. The standard InChI is InChI=1S/C15H20N2OS/c1-2-11-19-14-9-4-3-7-12(14)17-15(18)13-8-5-6-10-16-13/h2-4,7,9,13,16H,1,5-6,8,10-11H2,(H,17,18)/t13-/m1/s1. The average Bonchev–Trinajstić information content (AvgIpc) is 2.47. The van der Waals surface area contributed by atoms with Crippen molar-refractivity contribution < 1.29 is 4.79 Å². The van der Waals surface area contributed by atoms with E-state index in [0.717, 1.165) is 42.1 Å². The summed E-state index contributed by atoms with van der Waals surface area (Å²) in [5, 5.41) is 6.30. The van der Waals surface area contributed by atoms with Gasteiger partial charge >= 0.3 is 0 Å². The third-order valence-electron chi connectivity index (χ3n) is 3.13. The molecule has 0 radical (unpaired) electrons. The highest BCUT2D eigenvalue weighted by molar-refractivity contribution is 7.99. The van der Waals surface area contributed by atoms with Crippen molar-refractivity contribution >= 4 is 23.4 Å². The fourth-order valence-electron chi connectivity index (χ4n) is 2.14. The Morgan fingerprint density at radius 2 is 2.32 bits per heavy atom. The number of anilines is 1. The molecular formula is C15H20N2OS. The van der Waals surface area contributed by atoms with Crippen molar-refractivity contribution in [3.63, 3.8) is 0 Å². The van der Waals surface area contributed by atoms with E-state index < -0.39 is 0 Å². The number of benzene rings is 1. The van der Waals surface area contributed by atoms with Gasteiger partial charge in [0.15, 0.2) is 0 Å². The molecule has 4 heteroatoms. The molecule has 1 aromatic rings. The monoisotopic (exact) mass is 276 g/mol. The molecule has 1 aromatic carbocycles. The molecule has 3 nitrogen and oxygen atoms in total. The van der Waals surface area contributed by atoms with E-state index in [4.69, 9.17) is 0 Å². The van der Waals surface area contributed by atoms with Gasteiger partial charge in [0.25, 0.3) is 0 Å². The Morgan fingerprint density at radius 3 is 3.05 bits per heavy atom. The van der Waals surface area contributed by atoms with E-state index in [1.165, 1.54) is 0 Å². The maximum atomic E-state index is 12.2. The molecule has 1 amide bonds. The number of thioether (sulfide) groups is 1. The van der Waals surface area contributed by atoms with Crippen LogP contribution in [0.5, 0.6) is 0 Å². The van der Waals surface area contributed by atoms with Crippen LogP contribution in [0.15, 0.2) is 41.8 Å². The maximum Gasteiger partial charge on any atom is 0.241 e. The van der Waals surface area contributed by atoms with Crippen LogP contribution < -0.4 is 10.6 Å². The summed E-state index contributed by atoms with van der Waals surface area (Å²) in [6.07, 6.45) is 5.08. The van der Waals surface area contributed by atoms with E-state index in [1.54, 1.807) is 11.8 Å².